The third-order valence-corrected chi connectivity index (χ3v) is 10.1. The van der Waals surface area contributed by atoms with Crippen LogP contribution in [0, 0.1) is 5.82 Å². The second-order valence-electron chi connectivity index (χ2n) is 11.8. The lowest BCUT2D eigenvalue weighted by atomic mass is 9.88. The Morgan fingerprint density at radius 3 is 2.44 bits per heavy atom. The normalized spacial score (nSPS) is 15.6. The first-order chi connectivity index (χ1) is 22.7. The number of hydrogen-bond acceptors (Lipinski definition) is 5. The van der Waals surface area contributed by atoms with Gasteiger partial charge >= 0.3 is 6.18 Å². The first-order valence-electron chi connectivity index (χ1n) is 15.3. The van der Waals surface area contributed by atoms with Gasteiger partial charge in [-0.25, -0.2) is 12.8 Å². The number of hydrogen-bond donors (Lipinski definition) is 2. The van der Waals surface area contributed by atoms with Crippen LogP contribution in [0.5, 0.6) is 0 Å². The number of sulfonamides is 1. The molecule has 6 rings (SSSR count). The molecule has 0 spiro atoms. The number of benzene rings is 3. The molecule has 0 bridgehead atoms. The molecule has 5 aromatic rings. The number of amides is 2. The van der Waals surface area contributed by atoms with Crippen LogP contribution in [0.2, 0.25) is 0 Å². The van der Waals surface area contributed by atoms with Gasteiger partial charge in [0.1, 0.15) is 22.9 Å². The third kappa shape index (κ3) is 6.12. The number of aromatic nitrogens is 1. The van der Waals surface area contributed by atoms with Crippen molar-refractivity contribution in [2.24, 2.45) is 7.05 Å². The summed E-state index contributed by atoms with van der Waals surface area (Å²) in [6.45, 7) is 2.05. The Morgan fingerprint density at radius 1 is 1.04 bits per heavy atom. The van der Waals surface area contributed by atoms with Crippen LogP contribution in [0.15, 0.2) is 65.1 Å². The van der Waals surface area contributed by atoms with Crippen LogP contribution in [-0.2, 0) is 23.2 Å². The fourth-order valence-electron chi connectivity index (χ4n) is 6.29. The highest BCUT2D eigenvalue weighted by molar-refractivity contribution is 7.92. The molecular formula is C34H32F4N4O5S. The summed E-state index contributed by atoms with van der Waals surface area (Å²) >= 11 is 0. The molecule has 0 unspecified atom stereocenters. The maximum absolute atomic E-state index is 13.9. The van der Waals surface area contributed by atoms with Crippen molar-refractivity contribution in [3.8, 4) is 11.3 Å². The van der Waals surface area contributed by atoms with E-state index in [0.717, 1.165) is 12.1 Å². The zero-order valence-corrected chi connectivity index (χ0v) is 27.1. The van der Waals surface area contributed by atoms with Crippen LogP contribution < -0.4 is 10.0 Å². The van der Waals surface area contributed by atoms with Crippen molar-refractivity contribution in [2.75, 3.05) is 30.6 Å². The van der Waals surface area contributed by atoms with E-state index in [0.29, 0.717) is 41.4 Å². The van der Waals surface area contributed by atoms with E-state index >= 15 is 0 Å². The number of likely N-dealkylation sites (tertiary alicyclic amines) is 1. The molecule has 0 aliphatic carbocycles. The number of piperidine rings is 1. The molecule has 2 amide bonds. The van der Waals surface area contributed by atoms with E-state index in [2.05, 4.69) is 10.0 Å². The molecule has 252 valence electrons. The van der Waals surface area contributed by atoms with Crippen molar-refractivity contribution in [3.63, 3.8) is 0 Å². The van der Waals surface area contributed by atoms with Gasteiger partial charge in [0.2, 0.25) is 10.0 Å². The number of anilines is 1. The van der Waals surface area contributed by atoms with Crippen molar-refractivity contribution < 1.29 is 40.0 Å². The van der Waals surface area contributed by atoms with Crippen molar-refractivity contribution in [3.05, 3.63) is 88.9 Å². The van der Waals surface area contributed by atoms with E-state index in [4.69, 9.17) is 4.42 Å². The highest BCUT2D eigenvalue weighted by Gasteiger charge is 2.33. The maximum atomic E-state index is 13.9. The summed E-state index contributed by atoms with van der Waals surface area (Å²) < 4.78 is 89.7. The van der Waals surface area contributed by atoms with Gasteiger partial charge in [-0.3, -0.25) is 14.3 Å². The molecular weight excluding hydrogens is 652 g/mol. The fraction of sp³-hybridized carbons (Fsp3) is 0.294. The van der Waals surface area contributed by atoms with E-state index in [1.807, 2.05) is 0 Å². The highest BCUT2D eigenvalue weighted by Crippen LogP contribution is 2.41. The average molecular weight is 685 g/mol. The van der Waals surface area contributed by atoms with Gasteiger partial charge < -0.3 is 19.2 Å². The quantitative estimate of drug-likeness (QED) is 0.181. The second kappa shape index (κ2) is 12.3. The van der Waals surface area contributed by atoms with Crippen LogP contribution in [-0.4, -0.2) is 55.6 Å². The van der Waals surface area contributed by atoms with Crippen molar-refractivity contribution in [1.82, 2.24) is 14.8 Å². The minimum Gasteiger partial charge on any atom is -0.455 e. The predicted octanol–water partition coefficient (Wildman–Crippen LogP) is 6.89. The summed E-state index contributed by atoms with van der Waals surface area (Å²) in [6, 6.07) is 13.4. The maximum Gasteiger partial charge on any atom is 0.416 e. The predicted molar refractivity (Wildman–Crippen MR) is 174 cm³/mol. The molecule has 9 nitrogen and oxygen atoms in total. The zero-order chi connectivity index (χ0) is 34.5. The zero-order valence-electron chi connectivity index (χ0n) is 26.2. The lowest BCUT2D eigenvalue weighted by Gasteiger charge is -2.34. The highest BCUT2D eigenvalue weighted by atomic mass is 32.2. The Balaban J connectivity index is 1.42. The monoisotopic (exact) mass is 684 g/mol. The van der Waals surface area contributed by atoms with Gasteiger partial charge in [0.25, 0.3) is 11.8 Å². The number of carbonyl (C=O) groups is 2. The van der Waals surface area contributed by atoms with Crippen LogP contribution in [0.1, 0.15) is 57.7 Å². The number of fused-ring (bicyclic) bond motifs is 2. The molecule has 0 saturated carbocycles. The number of carbonyl (C=O) groups excluding carboxylic acids is 2. The summed E-state index contributed by atoms with van der Waals surface area (Å²) in [6.07, 6.45) is -3.39. The Morgan fingerprint density at radius 2 is 1.77 bits per heavy atom. The van der Waals surface area contributed by atoms with Gasteiger partial charge in [0, 0.05) is 61.0 Å². The van der Waals surface area contributed by atoms with Gasteiger partial charge in [-0.2, -0.15) is 13.2 Å². The molecule has 1 aliphatic rings. The molecule has 2 aromatic heterocycles. The van der Waals surface area contributed by atoms with Gasteiger partial charge in [-0.05, 0) is 79.9 Å². The van der Waals surface area contributed by atoms with Crippen molar-refractivity contribution in [2.45, 2.75) is 31.9 Å². The molecule has 2 N–H and O–H groups in total. The molecule has 1 saturated heterocycles. The van der Waals surface area contributed by atoms with Gasteiger partial charge in [0.15, 0.2) is 0 Å². The Labute approximate surface area is 273 Å². The number of rotatable bonds is 7. The van der Waals surface area contributed by atoms with E-state index in [9.17, 15) is 35.6 Å². The Bertz CT molecular complexity index is 2170. The van der Waals surface area contributed by atoms with E-state index in [1.54, 1.807) is 22.6 Å². The summed E-state index contributed by atoms with van der Waals surface area (Å²) in [5.41, 5.74) is 1.50. The molecule has 1 aliphatic heterocycles. The first kappa shape index (κ1) is 33.1. The molecule has 3 heterocycles. The molecule has 0 radical (unpaired) electrons. The minimum atomic E-state index is -4.53. The van der Waals surface area contributed by atoms with Gasteiger partial charge in [0.05, 0.1) is 22.6 Å². The van der Waals surface area contributed by atoms with Gasteiger partial charge in [-0.1, -0.05) is 0 Å². The van der Waals surface area contributed by atoms with E-state index in [-0.39, 0.29) is 57.8 Å². The number of halogens is 4. The lowest BCUT2D eigenvalue weighted by molar-refractivity contribution is -0.137. The number of nitrogens with zero attached hydrogens (tertiary/aromatic N) is 2. The number of aryl methyl sites for hydroxylation is 1. The molecule has 1 fully saturated rings. The number of furan rings is 1. The average Bonchev–Trinajstić information content (AvgIpc) is 3.60. The SMILES string of the molecule is CCS(=O)(=O)Nc1cc2oc(-c3ccc(F)cc3)c(C(=O)NC)c2cc1[C@H]1CCCN(C(=O)c2cc3cc(C(F)(F)F)ccc3n2C)C1. The van der Waals surface area contributed by atoms with Crippen LogP contribution in [0.25, 0.3) is 33.2 Å². The third-order valence-electron chi connectivity index (χ3n) is 8.80. The largest absolute Gasteiger partial charge is 0.455 e. The second-order valence-corrected chi connectivity index (χ2v) is 13.8. The van der Waals surface area contributed by atoms with Crippen LogP contribution in [0.3, 0.4) is 0 Å². The first-order valence-corrected chi connectivity index (χ1v) is 16.9. The summed E-state index contributed by atoms with van der Waals surface area (Å²) in [5.74, 6) is -1.73. The number of nitrogens with one attached hydrogen (secondary N) is 2. The minimum absolute atomic E-state index is 0.177. The van der Waals surface area contributed by atoms with Gasteiger partial charge in [-0.15, -0.1) is 0 Å². The van der Waals surface area contributed by atoms with E-state index < -0.39 is 33.5 Å². The molecule has 48 heavy (non-hydrogen) atoms. The standard InChI is InChI=1S/C34H32F4N4O5S/c1-4-48(45,46)40-26-17-29-25(30(32(43)39-2)31(47-29)19-7-10-23(35)11-8-19)16-24(26)20-6-5-13-42(18-20)33(44)28-15-21-14-22(34(36,37)38)9-12-27(21)41(28)3/h7-12,14-17,20,40H,4-6,13,18H2,1-3H3,(H,39,43)/t20-/m0/s1. The van der Waals surface area contributed by atoms with Crippen LogP contribution >= 0.6 is 0 Å². The van der Waals surface area contributed by atoms with Crippen molar-refractivity contribution >= 4 is 49.4 Å². The topological polar surface area (TPSA) is 114 Å². The number of alkyl halides is 3. The lowest BCUT2D eigenvalue weighted by Crippen LogP contribution is -2.40. The molecule has 14 heteroatoms. The summed E-state index contributed by atoms with van der Waals surface area (Å²) in [4.78, 5) is 28.7. The molecule has 3 aromatic carbocycles. The fourth-order valence-corrected chi connectivity index (χ4v) is 6.95. The smallest absolute Gasteiger partial charge is 0.416 e. The Kier molecular flexibility index (Phi) is 8.48. The Hall–Kier alpha value is -4.85. The molecule has 1 atom stereocenters. The van der Waals surface area contributed by atoms with Crippen molar-refractivity contribution in [1.29, 1.82) is 0 Å². The van der Waals surface area contributed by atoms with Crippen LogP contribution in [0.4, 0.5) is 23.2 Å². The summed E-state index contributed by atoms with van der Waals surface area (Å²) in [7, 11) is -0.689. The summed E-state index contributed by atoms with van der Waals surface area (Å²) in [5, 5.41) is 3.29. The van der Waals surface area contributed by atoms with E-state index in [1.165, 1.54) is 56.4 Å².